The molecule has 0 unspecified atom stereocenters. The van der Waals surface area contributed by atoms with Gasteiger partial charge in [0.05, 0.1) is 4.92 Å². The van der Waals surface area contributed by atoms with Gasteiger partial charge in [0.1, 0.15) is 11.5 Å². The first-order valence-corrected chi connectivity index (χ1v) is 6.03. The molecule has 0 amide bonds. The first-order chi connectivity index (χ1) is 9.08. The van der Waals surface area contributed by atoms with Crippen LogP contribution in [0.5, 0.6) is 0 Å². The van der Waals surface area contributed by atoms with Crippen LogP contribution in [0, 0.1) is 17.0 Å². The maximum atomic E-state index is 10.9. The summed E-state index contributed by atoms with van der Waals surface area (Å²) >= 11 is 0. The highest BCUT2D eigenvalue weighted by molar-refractivity contribution is 5.68. The third-order valence-corrected chi connectivity index (χ3v) is 3.26. The van der Waals surface area contributed by atoms with Gasteiger partial charge in [0.25, 0.3) is 5.69 Å². The number of nitrogens with two attached hydrogens (primary N) is 1. The van der Waals surface area contributed by atoms with Crippen molar-refractivity contribution in [1.29, 1.82) is 0 Å². The van der Waals surface area contributed by atoms with Crippen LogP contribution in [0.25, 0.3) is 11.4 Å². The predicted molar refractivity (Wildman–Crippen MR) is 69.5 cm³/mol. The molecule has 19 heavy (non-hydrogen) atoms. The SMILES string of the molecule is Cc1nnc(-c2ccc(N)c([N+](=O)[O-])c2)n1C1CC1. The molecule has 0 radical (unpaired) electrons. The van der Waals surface area contributed by atoms with Crippen LogP contribution in [0.2, 0.25) is 0 Å². The zero-order valence-corrected chi connectivity index (χ0v) is 10.4. The summed E-state index contributed by atoms with van der Waals surface area (Å²) in [6.07, 6.45) is 2.20. The molecule has 1 aromatic heterocycles. The molecule has 0 aliphatic heterocycles. The number of hydrogen-bond donors (Lipinski definition) is 1. The quantitative estimate of drug-likeness (QED) is 0.516. The molecule has 0 bridgehead atoms. The Balaban J connectivity index is 2.12. The molecule has 0 atom stereocenters. The molecule has 1 saturated carbocycles. The van der Waals surface area contributed by atoms with E-state index in [9.17, 15) is 10.1 Å². The Morgan fingerprint density at radius 3 is 2.79 bits per heavy atom. The molecule has 1 aliphatic carbocycles. The van der Waals surface area contributed by atoms with E-state index in [1.54, 1.807) is 6.07 Å². The van der Waals surface area contributed by atoms with Gasteiger partial charge in [-0.25, -0.2) is 0 Å². The first kappa shape index (κ1) is 11.6. The summed E-state index contributed by atoms with van der Waals surface area (Å²) in [4.78, 5) is 10.4. The summed E-state index contributed by atoms with van der Waals surface area (Å²) in [6.45, 7) is 1.89. The minimum Gasteiger partial charge on any atom is -0.393 e. The number of anilines is 1. The molecule has 1 aliphatic rings. The van der Waals surface area contributed by atoms with E-state index < -0.39 is 4.92 Å². The second-order valence-corrected chi connectivity index (χ2v) is 4.70. The van der Waals surface area contributed by atoms with Crippen LogP contribution in [0.15, 0.2) is 18.2 Å². The van der Waals surface area contributed by atoms with Crippen LogP contribution in [0.1, 0.15) is 24.7 Å². The van der Waals surface area contributed by atoms with E-state index >= 15 is 0 Å². The van der Waals surface area contributed by atoms with Gasteiger partial charge in [-0.1, -0.05) is 0 Å². The molecule has 0 spiro atoms. The molecule has 2 aromatic rings. The van der Waals surface area contributed by atoms with Gasteiger partial charge in [-0.15, -0.1) is 10.2 Å². The highest BCUT2D eigenvalue weighted by Crippen LogP contribution is 2.39. The van der Waals surface area contributed by atoms with E-state index in [1.807, 2.05) is 11.5 Å². The molecule has 1 heterocycles. The van der Waals surface area contributed by atoms with Gasteiger partial charge in [0.15, 0.2) is 5.82 Å². The lowest BCUT2D eigenvalue weighted by atomic mass is 10.1. The maximum absolute atomic E-state index is 10.9. The third kappa shape index (κ3) is 1.92. The number of nitro groups is 1. The largest absolute Gasteiger partial charge is 0.393 e. The summed E-state index contributed by atoms with van der Waals surface area (Å²) in [6, 6.07) is 5.15. The number of nitrogens with zero attached hydrogens (tertiary/aromatic N) is 4. The van der Waals surface area contributed by atoms with Crippen LogP contribution < -0.4 is 5.73 Å². The van der Waals surface area contributed by atoms with Crippen molar-refractivity contribution in [1.82, 2.24) is 14.8 Å². The van der Waals surface area contributed by atoms with Crippen LogP contribution >= 0.6 is 0 Å². The Hall–Kier alpha value is -2.44. The minimum atomic E-state index is -0.483. The van der Waals surface area contributed by atoms with Gasteiger partial charge >= 0.3 is 0 Å². The van der Waals surface area contributed by atoms with Crippen molar-refractivity contribution in [2.45, 2.75) is 25.8 Å². The standard InChI is InChI=1S/C12H13N5O2/c1-7-14-15-12(16(7)9-3-4-9)8-2-5-10(13)11(6-8)17(18)19/h2,5-6,9H,3-4,13H2,1H3. The lowest BCUT2D eigenvalue weighted by Gasteiger charge is -2.07. The molecule has 2 N–H and O–H groups in total. The third-order valence-electron chi connectivity index (χ3n) is 3.26. The fourth-order valence-corrected chi connectivity index (χ4v) is 2.18. The number of rotatable bonds is 3. The normalized spacial score (nSPS) is 14.6. The molecule has 7 nitrogen and oxygen atoms in total. The topological polar surface area (TPSA) is 99.9 Å². The Bertz CT molecular complexity index is 660. The van der Waals surface area contributed by atoms with E-state index in [0.717, 1.165) is 18.7 Å². The second-order valence-electron chi connectivity index (χ2n) is 4.70. The van der Waals surface area contributed by atoms with Crippen LogP contribution in [-0.4, -0.2) is 19.7 Å². The van der Waals surface area contributed by atoms with Gasteiger partial charge < -0.3 is 10.3 Å². The fraction of sp³-hybridized carbons (Fsp3) is 0.333. The van der Waals surface area contributed by atoms with Crippen molar-refractivity contribution in [2.75, 3.05) is 5.73 Å². The summed E-state index contributed by atoms with van der Waals surface area (Å²) < 4.78 is 2.04. The highest BCUT2D eigenvalue weighted by Gasteiger charge is 2.29. The van der Waals surface area contributed by atoms with Gasteiger partial charge in [-0.05, 0) is 31.9 Å². The van der Waals surface area contributed by atoms with Crippen LogP contribution in [-0.2, 0) is 0 Å². The maximum Gasteiger partial charge on any atom is 0.292 e. The summed E-state index contributed by atoms with van der Waals surface area (Å²) in [5, 5.41) is 19.1. The van der Waals surface area contributed by atoms with Gasteiger partial charge in [-0.2, -0.15) is 0 Å². The monoisotopic (exact) mass is 259 g/mol. The number of nitro benzene ring substituents is 1. The number of aromatic nitrogens is 3. The van der Waals surface area contributed by atoms with Gasteiger partial charge in [0.2, 0.25) is 0 Å². The van der Waals surface area contributed by atoms with Gasteiger partial charge in [-0.3, -0.25) is 10.1 Å². The average molecular weight is 259 g/mol. The Morgan fingerprint density at radius 1 is 1.42 bits per heavy atom. The highest BCUT2D eigenvalue weighted by atomic mass is 16.6. The van der Waals surface area contributed by atoms with Crippen LogP contribution in [0.4, 0.5) is 11.4 Å². The Morgan fingerprint density at radius 2 is 2.16 bits per heavy atom. The molecular weight excluding hydrogens is 246 g/mol. The summed E-state index contributed by atoms with van der Waals surface area (Å²) in [5.74, 6) is 1.50. The van der Waals surface area contributed by atoms with Crippen molar-refractivity contribution >= 4 is 11.4 Å². The smallest absolute Gasteiger partial charge is 0.292 e. The average Bonchev–Trinajstić information content (AvgIpc) is 3.13. The number of benzene rings is 1. The Kier molecular flexibility index (Phi) is 2.48. The van der Waals surface area contributed by atoms with Crippen molar-refractivity contribution in [2.24, 2.45) is 0 Å². The molecular formula is C12H13N5O2. The lowest BCUT2D eigenvalue weighted by Crippen LogP contribution is -2.01. The summed E-state index contributed by atoms with van der Waals surface area (Å²) in [7, 11) is 0. The van der Waals surface area contributed by atoms with E-state index in [-0.39, 0.29) is 11.4 Å². The van der Waals surface area contributed by atoms with Crippen molar-refractivity contribution in [3.8, 4) is 11.4 Å². The molecule has 7 heteroatoms. The Labute approximate surface area is 109 Å². The van der Waals surface area contributed by atoms with E-state index in [4.69, 9.17) is 5.73 Å². The molecule has 1 fully saturated rings. The minimum absolute atomic E-state index is 0.0968. The molecule has 0 saturated heterocycles. The zero-order valence-electron chi connectivity index (χ0n) is 10.4. The van der Waals surface area contributed by atoms with Crippen molar-refractivity contribution < 1.29 is 4.92 Å². The number of hydrogen-bond acceptors (Lipinski definition) is 5. The van der Waals surface area contributed by atoms with Crippen molar-refractivity contribution in [3.63, 3.8) is 0 Å². The number of aryl methyl sites for hydroxylation is 1. The van der Waals surface area contributed by atoms with Gasteiger partial charge in [0, 0.05) is 17.7 Å². The van der Waals surface area contributed by atoms with E-state index in [0.29, 0.717) is 17.4 Å². The predicted octanol–water partition coefficient (Wildman–Crippen LogP) is 2.08. The summed E-state index contributed by atoms with van der Waals surface area (Å²) in [5.41, 5.74) is 6.33. The zero-order chi connectivity index (χ0) is 13.6. The molecule has 1 aromatic carbocycles. The molecule has 3 rings (SSSR count). The van der Waals surface area contributed by atoms with E-state index in [2.05, 4.69) is 10.2 Å². The second kappa shape index (κ2) is 4.04. The first-order valence-electron chi connectivity index (χ1n) is 6.03. The number of nitrogen functional groups attached to an aromatic ring is 1. The fourth-order valence-electron chi connectivity index (χ4n) is 2.18. The lowest BCUT2D eigenvalue weighted by molar-refractivity contribution is -0.383. The van der Waals surface area contributed by atoms with Crippen LogP contribution in [0.3, 0.4) is 0 Å². The van der Waals surface area contributed by atoms with E-state index in [1.165, 1.54) is 12.1 Å². The molecule has 98 valence electrons. The van der Waals surface area contributed by atoms with Crippen molar-refractivity contribution in [3.05, 3.63) is 34.1 Å².